The highest BCUT2D eigenvalue weighted by Gasteiger charge is 2.22. The van der Waals surface area contributed by atoms with Crippen LogP contribution < -0.4 is 5.73 Å². The van der Waals surface area contributed by atoms with Gasteiger partial charge in [0.05, 0.1) is 6.10 Å². The Morgan fingerprint density at radius 1 is 1.27 bits per heavy atom. The van der Waals surface area contributed by atoms with E-state index >= 15 is 0 Å². The minimum absolute atomic E-state index is 0.250. The molecule has 3 N–H and O–H groups in total. The number of amides is 1. The summed E-state index contributed by atoms with van der Waals surface area (Å²) in [6.07, 6.45) is 6.96. The number of piperidine rings is 1. The Labute approximate surface area is 135 Å². The Morgan fingerprint density at radius 2 is 1.91 bits per heavy atom. The van der Waals surface area contributed by atoms with Gasteiger partial charge in [-0.1, -0.05) is 12.8 Å². The van der Waals surface area contributed by atoms with Crippen LogP contribution in [0.15, 0.2) is 0 Å². The van der Waals surface area contributed by atoms with Gasteiger partial charge >= 0.3 is 0 Å². The third kappa shape index (κ3) is 8.11. The second kappa shape index (κ2) is 11.0. The fraction of sp³-hybridized carbons (Fsp3) is 0.941. The van der Waals surface area contributed by atoms with Gasteiger partial charge in [-0.05, 0) is 58.2 Å². The van der Waals surface area contributed by atoms with E-state index in [9.17, 15) is 9.90 Å². The molecule has 1 amide bonds. The first-order chi connectivity index (χ1) is 10.5. The van der Waals surface area contributed by atoms with Crippen LogP contribution in [-0.2, 0) is 4.79 Å². The molecule has 130 valence electrons. The van der Waals surface area contributed by atoms with Crippen LogP contribution in [0.2, 0.25) is 0 Å². The van der Waals surface area contributed by atoms with Crippen LogP contribution >= 0.6 is 0 Å². The summed E-state index contributed by atoms with van der Waals surface area (Å²) in [6, 6.07) is 0. The second-order valence-electron chi connectivity index (χ2n) is 6.82. The molecule has 1 aliphatic rings. The summed E-state index contributed by atoms with van der Waals surface area (Å²) in [7, 11) is 1.93. The number of hydrogen-bond donors (Lipinski definition) is 2. The lowest BCUT2D eigenvalue weighted by molar-refractivity contribution is -0.130. The zero-order valence-electron chi connectivity index (χ0n) is 14.5. The number of β-amino-alcohol motifs (C(OH)–C–C–N with tert-alkyl or cyclic N) is 1. The van der Waals surface area contributed by atoms with Crippen LogP contribution in [0.3, 0.4) is 0 Å². The number of carbonyl (C=O) groups is 1. The van der Waals surface area contributed by atoms with Crippen molar-refractivity contribution in [1.29, 1.82) is 0 Å². The van der Waals surface area contributed by atoms with Gasteiger partial charge in [-0.25, -0.2) is 0 Å². The average molecular weight is 313 g/mol. The Morgan fingerprint density at radius 3 is 2.50 bits per heavy atom. The fourth-order valence-corrected chi connectivity index (χ4v) is 3.18. The molecule has 1 unspecified atom stereocenters. The minimum atomic E-state index is -0.250. The zero-order chi connectivity index (χ0) is 16.4. The van der Waals surface area contributed by atoms with Crippen molar-refractivity contribution >= 4 is 5.91 Å². The topological polar surface area (TPSA) is 69.8 Å². The van der Waals surface area contributed by atoms with Gasteiger partial charge in [-0.15, -0.1) is 0 Å². The lowest BCUT2D eigenvalue weighted by Gasteiger charge is -2.34. The molecule has 0 bridgehead atoms. The summed E-state index contributed by atoms with van der Waals surface area (Å²) < 4.78 is 0. The number of unbranched alkanes of at least 4 members (excludes halogenated alkanes) is 3. The number of nitrogens with zero attached hydrogens (tertiary/aromatic N) is 2. The maximum atomic E-state index is 12.1. The van der Waals surface area contributed by atoms with E-state index in [0.29, 0.717) is 12.3 Å². The molecule has 1 rings (SSSR count). The Balaban J connectivity index is 2.14. The largest absolute Gasteiger partial charge is 0.392 e. The molecule has 1 atom stereocenters. The molecule has 1 heterocycles. The number of aliphatic hydroxyl groups is 1. The van der Waals surface area contributed by atoms with Crippen LogP contribution in [0.1, 0.15) is 51.9 Å². The summed E-state index contributed by atoms with van der Waals surface area (Å²) >= 11 is 0. The van der Waals surface area contributed by atoms with Crippen LogP contribution in [0.25, 0.3) is 0 Å². The predicted molar refractivity (Wildman–Crippen MR) is 90.6 cm³/mol. The van der Waals surface area contributed by atoms with E-state index in [2.05, 4.69) is 4.90 Å². The molecule has 0 aromatic carbocycles. The molecule has 5 nitrogen and oxygen atoms in total. The van der Waals surface area contributed by atoms with E-state index in [1.165, 1.54) is 0 Å². The van der Waals surface area contributed by atoms with E-state index in [0.717, 1.165) is 71.2 Å². The maximum Gasteiger partial charge on any atom is 0.222 e. The predicted octanol–water partition coefficient (Wildman–Crippen LogP) is 1.45. The number of likely N-dealkylation sites (tertiary alicyclic amines) is 1. The number of rotatable bonds is 10. The van der Waals surface area contributed by atoms with Crippen molar-refractivity contribution < 1.29 is 9.90 Å². The molecule has 1 aliphatic heterocycles. The van der Waals surface area contributed by atoms with Gasteiger partial charge in [-0.3, -0.25) is 4.79 Å². The second-order valence-corrected chi connectivity index (χ2v) is 6.82. The van der Waals surface area contributed by atoms with Gasteiger partial charge in [-0.2, -0.15) is 0 Å². The molecule has 0 spiro atoms. The summed E-state index contributed by atoms with van der Waals surface area (Å²) in [5, 5.41) is 9.42. The smallest absolute Gasteiger partial charge is 0.222 e. The summed E-state index contributed by atoms with van der Waals surface area (Å²) in [5.74, 6) is 0.885. The van der Waals surface area contributed by atoms with Crippen molar-refractivity contribution in [3.63, 3.8) is 0 Å². The van der Waals surface area contributed by atoms with Gasteiger partial charge < -0.3 is 20.6 Å². The van der Waals surface area contributed by atoms with E-state index in [1.54, 1.807) is 0 Å². The molecule has 1 fully saturated rings. The average Bonchev–Trinajstić information content (AvgIpc) is 2.48. The monoisotopic (exact) mass is 313 g/mol. The number of hydrogen-bond acceptors (Lipinski definition) is 4. The van der Waals surface area contributed by atoms with Crippen molar-refractivity contribution in [3.8, 4) is 0 Å². The first-order valence-electron chi connectivity index (χ1n) is 8.87. The highest BCUT2D eigenvalue weighted by atomic mass is 16.3. The molecule has 1 saturated heterocycles. The molecule has 5 heteroatoms. The van der Waals surface area contributed by atoms with Gasteiger partial charge in [0.2, 0.25) is 5.91 Å². The van der Waals surface area contributed by atoms with E-state index < -0.39 is 0 Å². The quantitative estimate of drug-likeness (QED) is 0.599. The normalized spacial score (nSPS) is 18.4. The van der Waals surface area contributed by atoms with Crippen molar-refractivity contribution in [2.24, 2.45) is 11.7 Å². The van der Waals surface area contributed by atoms with Crippen molar-refractivity contribution in [2.45, 2.75) is 58.0 Å². The van der Waals surface area contributed by atoms with Gasteiger partial charge in [0.1, 0.15) is 0 Å². The third-order valence-electron chi connectivity index (χ3n) is 4.53. The summed E-state index contributed by atoms with van der Waals surface area (Å²) in [6.45, 7) is 6.31. The third-order valence-corrected chi connectivity index (χ3v) is 4.53. The summed E-state index contributed by atoms with van der Waals surface area (Å²) in [4.78, 5) is 16.4. The molecule has 0 radical (unpaired) electrons. The summed E-state index contributed by atoms with van der Waals surface area (Å²) in [5.41, 5.74) is 5.47. The minimum Gasteiger partial charge on any atom is -0.392 e. The first kappa shape index (κ1) is 19.4. The molecular formula is C17H35N3O2. The van der Waals surface area contributed by atoms with Crippen LogP contribution in [0, 0.1) is 5.92 Å². The molecule has 0 aliphatic carbocycles. The highest BCUT2D eigenvalue weighted by Crippen LogP contribution is 2.18. The number of aliphatic hydroxyl groups excluding tert-OH is 1. The number of carbonyl (C=O) groups excluding carboxylic acids is 1. The van der Waals surface area contributed by atoms with Crippen molar-refractivity contribution in [2.75, 3.05) is 39.8 Å². The van der Waals surface area contributed by atoms with Crippen molar-refractivity contribution in [3.05, 3.63) is 0 Å². The molecule has 0 aromatic heterocycles. The SMILES string of the molecule is CC(O)CN1CCC(CN(C)C(=O)CCCCCCN)CC1. The lowest BCUT2D eigenvalue weighted by Crippen LogP contribution is -2.41. The van der Waals surface area contributed by atoms with Crippen LogP contribution in [0.5, 0.6) is 0 Å². The first-order valence-corrected chi connectivity index (χ1v) is 8.87. The van der Waals surface area contributed by atoms with Crippen molar-refractivity contribution in [1.82, 2.24) is 9.80 Å². The maximum absolute atomic E-state index is 12.1. The van der Waals surface area contributed by atoms with Gasteiger partial charge in [0, 0.05) is 26.6 Å². The Hall–Kier alpha value is -0.650. The Bertz CT molecular complexity index is 302. The van der Waals surface area contributed by atoms with E-state index in [4.69, 9.17) is 5.73 Å². The lowest BCUT2D eigenvalue weighted by atomic mass is 9.96. The van der Waals surface area contributed by atoms with Gasteiger partial charge in [0.25, 0.3) is 0 Å². The highest BCUT2D eigenvalue weighted by molar-refractivity contribution is 5.75. The molecule has 22 heavy (non-hydrogen) atoms. The molecular weight excluding hydrogens is 278 g/mol. The Kier molecular flexibility index (Phi) is 9.68. The van der Waals surface area contributed by atoms with Crippen LogP contribution in [-0.4, -0.2) is 66.7 Å². The number of nitrogens with two attached hydrogens (primary N) is 1. The van der Waals surface area contributed by atoms with Crippen LogP contribution in [0.4, 0.5) is 0 Å². The van der Waals surface area contributed by atoms with Gasteiger partial charge in [0.15, 0.2) is 0 Å². The standard InChI is InChI=1S/C17H35N3O2/c1-15(21)13-20-11-8-16(9-12-20)14-19(2)17(22)7-5-3-4-6-10-18/h15-16,21H,3-14,18H2,1-2H3. The fourth-order valence-electron chi connectivity index (χ4n) is 3.18. The molecule has 0 aromatic rings. The molecule has 0 saturated carbocycles. The van der Waals surface area contributed by atoms with E-state index in [1.807, 2.05) is 18.9 Å². The zero-order valence-corrected chi connectivity index (χ0v) is 14.5. The van der Waals surface area contributed by atoms with E-state index in [-0.39, 0.29) is 12.0 Å².